The van der Waals surface area contributed by atoms with Crippen LogP contribution in [0.4, 0.5) is 4.39 Å². The lowest BCUT2D eigenvalue weighted by Gasteiger charge is -2.22. The Morgan fingerprint density at radius 3 is 2.58 bits per heavy atom. The van der Waals surface area contributed by atoms with Crippen LogP contribution in [0.3, 0.4) is 0 Å². The third kappa shape index (κ3) is 4.21. The Balaban J connectivity index is 2.77. The molecule has 1 aromatic carbocycles. The van der Waals surface area contributed by atoms with Gasteiger partial charge in [-0.25, -0.2) is 4.39 Å². The van der Waals surface area contributed by atoms with E-state index >= 15 is 0 Å². The van der Waals surface area contributed by atoms with Crippen LogP contribution in [0.5, 0.6) is 5.75 Å². The second-order valence-corrected chi connectivity index (χ2v) is 4.86. The fraction of sp³-hybridized carbons (Fsp3) is 0.500. The summed E-state index contributed by atoms with van der Waals surface area (Å²) in [5.74, 6) is -0.251. The van der Waals surface area contributed by atoms with Crippen LogP contribution in [0.1, 0.15) is 32.4 Å². The summed E-state index contributed by atoms with van der Waals surface area (Å²) in [5, 5.41) is 0. The van der Waals surface area contributed by atoms with Crippen LogP contribution in [0.15, 0.2) is 18.2 Å². The third-order valence-corrected chi connectivity index (χ3v) is 2.99. The minimum Gasteiger partial charge on any atom is -0.483 e. The molecule has 19 heavy (non-hydrogen) atoms. The van der Waals surface area contributed by atoms with E-state index < -0.39 is 5.82 Å². The van der Waals surface area contributed by atoms with E-state index in [0.717, 1.165) is 0 Å². The van der Waals surface area contributed by atoms with Crippen molar-refractivity contribution in [2.75, 3.05) is 13.7 Å². The van der Waals surface area contributed by atoms with Gasteiger partial charge in [-0.05, 0) is 26.8 Å². The summed E-state index contributed by atoms with van der Waals surface area (Å²) in [5.41, 5.74) is 6.46. The highest BCUT2D eigenvalue weighted by atomic mass is 19.1. The number of amides is 1. The van der Waals surface area contributed by atoms with Crippen molar-refractivity contribution < 1.29 is 13.9 Å². The van der Waals surface area contributed by atoms with E-state index in [9.17, 15) is 9.18 Å². The standard InChI is InChI=1S/C14H21FN2O2/c1-9(2)17(4)14(18)8-19-13-7-11(15)5-6-12(13)10(3)16/h5-7,9-10H,8,16H2,1-4H3. The summed E-state index contributed by atoms with van der Waals surface area (Å²) >= 11 is 0. The molecule has 0 heterocycles. The molecule has 0 fully saturated rings. The average Bonchev–Trinajstić information content (AvgIpc) is 2.34. The number of halogens is 1. The summed E-state index contributed by atoms with van der Waals surface area (Å²) in [6, 6.07) is 3.96. The van der Waals surface area contributed by atoms with Crippen molar-refractivity contribution in [3.8, 4) is 5.75 Å². The molecule has 0 aliphatic carbocycles. The van der Waals surface area contributed by atoms with Gasteiger partial charge in [-0.1, -0.05) is 6.07 Å². The number of carbonyl (C=O) groups excluding carboxylic acids is 1. The Hall–Kier alpha value is -1.62. The van der Waals surface area contributed by atoms with Crippen LogP contribution < -0.4 is 10.5 Å². The lowest BCUT2D eigenvalue weighted by atomic mass is 10.1. The van der Waals surface area contributed by atoms with Crippen LogP contribution in [0.2, 0.25) is 0 Å². The van der Waals surface area contributed by atoms with E-state index in [1.165, 1.54) is 12.1 Å². The molecule has 0 saturated heterocycles. The van der Waals surface area contributed by atoms with Gasteiger partial charge in [0.25, 0.3) is 5.91 Å². The zero-order valence-corrected chi connectivity index (χ0v) is 11.8. The zero-order valence-electron chi connectivity index (χ0n) is 11.8. The van der Waals surface area contributed by atoms with Crippen LogP contribution in [-0.2, 0) is 4.79 Å². The number of rotatable bonds is 5. The number of likely N-dealkylation sites (N-methyl/N-ethyl adjacent to an activating group) is 1. The van der Waals surface area contributed by atoms with Gasteiger partial charge >= 0.3 is 0 Å². The molecule has 0 bridgehead atoms. The lowest BCUT2D eigenvalue weighted by molar-refractivity contribution is -0.133. The SMILES string of the molecule is CC(N)c1ccc(F)cc1OCC(=O)N(C)C(C)C. The van der Waals surface area contributed by atoms with E-state index in [2.05, 4.69) is 0 Å². The first-order valence-corrected chi connectivity index (χ1v) is 6.26. The Labute approximate surface area is 113 Å². The summed E-state index contributed by atoms with van der Waals surface area (Å²) in [4.78, 5) is 13.4. The highest BCUT2D eigenvalue weighted by molar-refractivity contribution is 5.77. The van der Waals surface area contributed by atoms with Gasteiger partial charge in [0.15, 0.2) is 6.61 Å². The normalized spacial score (nSPS) is 12.4. The van der Waals surface area contributed by atoms with E-state index in [4.69, 9.17) is 10.5 Å². The predicted octanol–water partition coefficient (Wildman–Crippen LogP) is 2.09. The van der Waals surface area contributed by atoms with Gasteiger partial charge in [-0.2, -0.15) is 0 Å². The van der Waals surface area contributed by atoms with Crippen LogP contribution in [0, 0.1) is 5.82 Å². The van der Waals surface area contributed by atoms with E-state index in [0.29, 0.717) is 11.3 Å². The van der Waals surface area contributed by atoms with Crippen molar-refractivity contribution in [1.29, 1.82) is 0 Å². The fourth-order valence-corrected chi connectivity index (χ4v) is 1.54. The summed E-state index contributed by atoms with van der Waals surface area (Å²) in [6.45, 7) is 5.47. The van der Waals surface area contributed by atoms with Crippen molar-refractivity contribution in [1.82, 2.24) is 4.90 Å². The maximum Gasteiger partial charge on any atom is 0.260 e. The van der Waals surface area contributed by atoms with Crippen LogP contribution >= 0.6 is 0 Å². The van der Waals surface area contributed by atoms with Gasteiger partial charge in [0.2, 0.25) is 0 Å². The molecule has 2 N–H and O–H groups in total. The van der Waals surface area contributed by atoms with Crippen LogP contribution in [0.25, 0.3) is 0 Å². The molecule has 0 saturated carbocycles. The number of ether oxygens (including phenoxy) is 1. The molecular formula is C14H21FN2O2. The number of benzene rings is 1. The minimum absolute atomic E-state index is 0.0940. The first-order chi connectivity index (χ1) is 8.82. The second kappa shape index (κ2) is 6.52. The molecule has 0 radical (unpaired) electrons. The van der Waals surface area contributed by atoms with Gasteiger partial charge in [0.05, 0.1) is 0 Å². The van der Waals surface area contributed by atoms with Crippen molar-refractivity contribution in [2.24, 2.45) is 5.73 Å². The van der Waals surface area contributed by atoms with Crippen molar-refractivity contribution in [3.05, 3.63) is 29.6 Å². The topological polar surface area (TPSA) is 55.6 Å². The van der Waals surface area contributed by atoms with Gasteiger partial charge in [-0.3, -0.25) is 4.79 Å². The molecule has 1 unspecified atom stereocenters. The molecule has 4 nitrogen and oxygen atoms in total. The Morgan fingerprint density at radius 2 is 2.05 bits per heavy atom. The number of hydrogen-bond donors (Lipinski definition) is 1. The Kier molecular flexibility index (Phi) is 5.30. The van der Waals surface area contributed by atoms with Crippen molar-refractivity contribution in [3.63, 3.8) is 0 Å². The molecule has 0 aliphatic rings. The summed E-state index contributed by atoms with van der Waals surface area (Å²) < 4.78 is 18.6. The van der Waals surface area contributed by atoms with Crippen molar-refractivity contribution in [2.45, 2.75) is 32.9 Å². The monoisotopic (exact) mass is 268 g/mol. The highest BCUT2D eigenvalue weighted by Gasteiger charge is 2.15. The van der Waals surface area contributed by atoms with Gasteiger partial charge in [-0.15, -0.1) is 0 Å². The smallest absolute Gasteiger partial charge is 0.260 e. The number of carbonyl (C=O) groups is 1. The highest BCUT2D eigenvalue weighted by Crippen LogP contribution is 2.24. The Bertz CT molecular complexity index is 447. The maximum absolute atomic E-state index is 13.2. The molecule has 1 aromatic rings. The van der Waals surface area contributed by atoms with E-state index in [1.807, 2.05) is 13.8 Å². The minimum atomic E-state index is -0.413. The molecule has 1 amide bonds. The zero-order chi connectivity index (χ0) is 14.6. The fourth-order valence-electron chi connectivity index (χ4n) is 1.54. The molecule has 0 aliphatic heterocycles. The van der Waals surface area contributed by atoms with Gasteiger partial charge in [0, 0.05) is 30.8 Å². The van der Waals surface area contributed by atoms with E-state index in [-0.39, 0.29) is 24.6 Å². The van der Waals surface area contributed by atoms with E-state index in [1.54, 1.807) is 24.9 Å². The first-order valence-electron chi connectivity index (χ1n) is 6.26. The maximum atomic E-state index is 13.2. The van der Waals surface area contributed by atoms with Gasteiger partial charge in [0.1, 0.15) is 11.6 Å². The summed E-state index contributed by atoms with van der Waals surface area (Å²) in [7, 11) is 1.70. The molecule has 0 aromatic heterocycles. The lowest BCUT2D eigenvalue weighted by Crippen LogP contribution is -2.36. The molecule has 106 valence electrons. The quantitative estimate of drug-likeness (QED) is 0.889. The third-order valence-electron chi connectivity index (χ3n) is 2.99. The first kappa shape index (κ1) is 15.4. The Morgan fingerprint density at radius 1 is 1.42 bits per heavy atom. The largest absolute Gasteiger partial charge is 0.483 e. The molecular weight excluding hydrogens is 247 g/mol. The molecule has 0 spiro atoms. The molecule has 1 atom stereocenters. The number of hydrogen-bond acceptors (Lipinski definition) is 3. The summed E-state index contributed by atoms with van der Waals surface area (Å²) in [6.07, 6.45) is 0. The number of nitrogens with zero attached hydrogens (tertiary/aromatic N) is 1. The molecule has 5 heteroatoms. The van der Waals surface area contributed by atoms with Gasteiger partial charge < -0.3 is 15.4 Å². The van der Waals surface area contributed by atoms with Crippen molar-refractivity contribution >= 4 is 5.91 Å². The second-order valence-electron chi connectivity index (χ2n) is 4.86. The van der Waals surface area contributed by atoms with Crippen LogP contribution in [-0.4, -0.2) is 30.5 Å². The predicted molar refractivity (Wildman–Crippen MR) is 72.4 cm³/mol. The number of nitrogens with two attached hydrogens (primary N) is 1. The average molecular weight is 268 g/mol. The molecule has 1 rings (SSSR count).